The summed E-state index contributed by atoms with van der Waals surface area (Å²) in [6, 6.07) is 12.6. The van der Waals surface area contributed by atoms with Crippen LogP contribution in [0.25, 0.3) is 0 Å². The number of rotatable bonds is 6. The number of halogens is 1. The van der Waals surface area contributed by atoms with Crippen molar-refractivity contribution in [1.82, 2.24) is 9.80 Å². The predicted molar refractivity (Wildman–Crippen MR) is 105 cm³/mol. The summed E-state index contributed by atoms with van der Waals surface area (Å²) in [5, 5.41) is 3.41. The second-order valence-corrected chi connectivity index (χ2v) is 7.14. The van der Waals surface area contributed by atoms with Gasteiger partial charge in [0, 0.05) is 30.2 Å². The van der Waals surface area contributed by atoms with Crippen molar-refractivity contribution in [3.63, 3.8) is 0 Å². The SMILES string of the molecule is CN(C)CCN(Cc1ccc(Cl)cc1)C(=O)c1ccc2c(c1)NC(=O)CO2. The van der Waals surface area contributed by atoms with Crippen LogP contribution in [0.3, 0.4) is 0 Å². The molecule has 7 heteroatoms. The fourth-order valence-electron chi connectivity index (χ4n) is 2.78. The summed E-state index contributed by atoms with van der Waals surface area (Å²) >= 11 is 5.96. The molecule has 1 aliphatic heterocycles. The summed E-state index contributed by atoms with van der Waals surface area (Å²) < 4.78 is 5.36. The Balaban J connectivity index is 1.82. The van der Waals surface area contributed by atoms with Crippen LogP contribution in [0.15, 0.2) is 42.5 Å². The third-order valence-corrected chi connectivity index (χ3v) is 4.50. The Kier molecular flexibility index (Phi) is 5.98. The average Bonchev–Trinajstić information content (AvgIpc) is 2.65. The van der Waals surface area contributed by atoms with Crippen LogP contribution in [0.1, 0.15) is 15.9 Å². The van der Waals surface area contributed by atoms with Crippen molar-refractivity contribution in [1.29, 1.82) is 0 Å². The maximum Gasteiger partial charge on any atom is 0.262 e. The summed E-state index contributed by atoms with van der Waals surface area (Å²) in [5.41, 5.74) is 2.03. The molecule has 3 rings (SSSR count). The molecule has 2 aromatic rings. The van der Waals surface area contributed by atoms with E-state index in [1.165, 1.54) is 0 Å². The number of likely N-dealkylation sites (N-methyl/N-ethyl adjacent to an activating group) is 1. The summed E-state index contributed by atoms with van der Waals surface area (Å²) in [4.78, 5) is 28.5. The number of benzene rings is 2. The predicted octanol–water partition coefficient (Wildman–Crippen LogP) is 2.87. The summed E-state index contributed by atoms with van der Waals surface area (Å²) in [5.74, 6) is 0.246. The van der Waals surface area contributed by atoms with Gasteiger partial charge in [0.05, 0.1) is 5.69 Å². The summed E-state index contributed by atoms with van der Waals surface area (Å²) in [6.07, 6.45) is 0. The van der Waals surface area contributed by atoms with Crippen molar-refractivity contribution < 1.29 is 14.3 Å². The Hall–Kier alpha value is -2.57. The molecule has 2 amide bonds. The van der Waals surface area contributed by atoms with Gasteiger partial charge in [0.2, 0.25) is 0 Å². The fraction of sp³-hybridized carbons (Fsp3) is 0.300. The first-order chi connectivity index (χ1) is 12.9. The zero-order valence-corrected chi connectivity index (χ0v) is 16.1. The van der Waals surface area contributed by atoms with Gasteiger partial charge in [-0.25, -0.2) is 0 Å². The van der Waals surface area contributed by atoms with Gasteiger partial charge in [-0.3, -0.25) is 9.59 Å². The Morgan fingerprint density at radius 3 is 2.59 bits per heavy atom. The highest BCUT2D eigenvalue weighted by Gasteiger charge is 2.21. The molecule has 1 heterocycles. The minimum absolute atomic E-state index is 0.00812. The molecular formula is C20H22ClN3O3. The van der Waals surface area contributed by atoms with Crippen molar-refractivity contribution in [2.24, 2.45) is 0 Å². The smallest absolute Gasteiger partial charge is 0.262 e. The van der Waals surface area contributed by atoms with E-state index in [4.69, 9.17) is 16.3 Å². The summed E-state index contributed by atoms with van der Waals surface area (Å²) in [7, 11) is 3.94. The van der Waals surface area contributed by atoms with E-state index < -0.39 is 0 Å². The van der Waals surface area contributed by atoms with E-state index in [0.29, 0.717) is 35.1 Å². The second-order valence-electron chi connectivity index (χ2n) is 6.70. The number of carbonyl (C=O) groups is 2. The normalized spacial score (nSPS) is 13.0. The summed E-state index contributed by atoms with van der Waals surface area (Å²) in [6.45, 7) is 1.79. The minimum atomic E-state index is -0.224. The highest BCUT2D eigenvalue weighted by atomic mass is 35.5. The van der Waals surface area contributed by atoms with Crippen LogP contribution >= 0.6 is 11.6 Å². The molecule has 0 aromatic heterocycles. The molecule has 1 N–H and O–H groups in total. The first-order valence-electron chi connectivity index (χ1n) is 8.67. The molecular weight excluding hydrogens is 366 g/mol. The van der Waals surface area contributed by atoms with E-state index in [0.717, 1.165) is 12.1 Å². The molecule has 1 aliphatic rings. The lowest BCUT2D eigenvalue weighted by Gasteiger charge is -2.25. The molecule has 0 atom stereocenters. The van der Waals surface area contributed by atoms with E-state index >= 15 is 0 Å². The molecule has 0 radical (unpaired) electrons. The van der Waals surface area contributed by atoms with E-state index in [2.05, 4.69) is 5.32 Å². The highest BCUT2D eigenvalue weighted by molar-refractivity contribution is 6.30. The first kappa shape index (κ1) is 19.2. The number of hydrogen-bond acceptors (Lipinski definition) is 4. The number of carbonyl (C=O) groups excluding carboxylic acids is 2. The van der Waals surface area contributed by atoms with Gasteiger partial charge in [-0.05, 0) is 50.0 Å². The molecule has 0 spiro atoms. The number of fused-ring (bicyclic) bond motifs is 1. The molecule has 2 aromatic carbocycles. The molecule has 27 heavy (non-hydrogen) atoms. The second kappa shape index (κ2) is 8.41. The van der Waals surface area contributed by atoms with Crippen molar-refractivity contribution in [3.8, 4) is 5.75 Å². The van der Waals surface area contributed by atoms with E-state index in [1.807, 2.05) is 43.3 Å². The van der Waals surface area contributed by atoms with Crippen LogP contribution in [-0.4, -0.2) is 55.4 Å². The van der Waals surface area contributed by atoms with Gasteiger partial charge >= 0.3 is 0 Å². The molecule has 142 valence electrons. The van der Waals surface area contributed by atoms with Crippen LogP contribution < -0.4 is 10.1 Å². The lowest BCUT2D eigenvalue weighted by atomic mass is 10.1. The molecule has 0 fully saturated rings. The van der Waals surface area contributed by atoms with Crippen molar-refractivity contribution in [3.05, 3.63) is 58.6 Å². The Morgan fingerprint density at radius 1 is 1.15 bits per heavy atom. The molecule has 0 aliphatic carbocycles. The lowest BCUT2D eigenvalue weighted by Crippen LogP contribution is -2.36. The van der Waals surface area contributed by atoms with Gasteiger partial charge in [0.15, 0.2) is 6.61 Å². The van der Waals surface area contributed by atoms with Gasteiger partial charge < -0.3 is 19.9 Å². The van der Waals surface area contributed by atoms with Gasteiger partial charge in [-0.2, -0.15) is 0 Å². The molecule has 6 nitrogen and oxygen atoms in total. The zero-order chi connectivity index (χ0) is 19.4. The van der Waals surface area contributed by atoms with Gasteiger partial charge in [-0.15, -0.1) is 0 Å². The van der Waals surface area contributed by atoms with Crippen LogP contribution in [0.5, 0.6) is 5.75 Å². The lowest BCUT2D eigenvalue weighted by molar-refractivity contribution is -0.118. The van der Waals surface area contributed by atoms with E-state index in [-0.39, 0.29) is 18.4 Å². The molecule has 0 saturated carbocycles. The van der Waals surface area contributed by atoms with Crippen LogP contribution in [0.2, 0.25) is 5.02 Å². The third kappa shape index (κ3) is 4.99. The highest BCUT2D eigenvalue weighted by Crippen LogP contribution is 2.29. The largest absolute Gasteiger partial charge is 0.482 e. The molecule has 0 bridgehead atoms. The number of ether oxygens (including phenoxy) is 1. The number of hydrogen-bond donors (Lipinski definition) is 1. The Bertz CT molecular complexity index is 837. The quantitative estimate of drug-likeness (QED) is 0.827. The van der Waals surface area contributed by atoms with Gasteiger partial charge in [0.1, 0.15) is 5.75 Å². The number of anilines is 1. The number of nitrogens with zero attached hydrogens (tertiary/aromatic N) is 2. The fourth-order valence-corrected chi connectivity index (χ4v) is 2.91. The number of nitrogens with one attached hydrogen (secondary N) is 1. The van der Waals surface area contributed by atoms with Crippen molar-refractivity contribution >= 4 is 29.1 Å². The Morgan fingerprint density at radius 2 is 1.89 bits per heavy atom. The maximum atomic E-state index is 13.1. The van der Waals surface area contributed by atoms with E-state index in [1.54, 1.807) is 23.1 Å². The molecule has 0 saturated heterocycles. The van der Waals surface area contributed by atoms with E-state index in [9.17, 15) is 9.59 Å². The van der Waals surface area contributed by atoms with Crippen LogP contribution in [-0.2, 0) is 11.3 Å². The maximum absolute atomic E-state index is 13.1. The number of amides is 2. The molecule has 0 unspecified atom stereocenters. The van der Waals surface area contributed by atoms with Crippen molar-refractivity contribution in [2.75, 3.05) is 39.1 Å². The third-order valence-electron chi connectivity index (χ3n) is 4.25. The standard InChI is InChI=1S/C20H22ClN3O3/c1-23(2)9-10-24(12-14-3-6-16(21)7-4-14)20(26)15-5-8-18-17(11-15)22-19(25)13-27-18/h3-8,11H,9-10,12-13H2,1-2H3,(H,22,25). The average molecular weight is 388 g/mol. The van der Waals surface area contributed by atoms with Crippen molar-refractivity contribution in [2.45, 2.75) is 6.54 Å². The first-order valence-corrected chi connectivity index (χ1v) is 9.05. The minimum Gasteiger partial charge on any atom is -0.482 e. The Labute approximate surface area is 163 Å². The zero-order valence-electron chi connectivity index (χ0n) is 15.4. The van der Waals surface area contributed by atoms with Gasteiger partial charge in [-0.1, -0.05) is 23.7 Å². The van der Waals surface area contributed by atoms with Crippen LogP contribution in [0, 0.1) is 0 Å². The van der Waals surface area contributed by atoms with Gasteiger partial charge in [0.25, 0.3) is 11.8 Å². The topological polar surface area (TPSA) is 61.9 Å². The monoisotopic (exact) mass is 387 g/mol. The van der Waals surface area contributed by atoms with Crippen LogP contribution in [0.4, 0.5) is 5.69 Å².